The molecule has 0 radical (unpaired) electrons. The van der Waals surface area contributed by atoms with Crippen molar-refractivity contribution in [3.63, 3.8) is 0 Å². The zero-order valence-electron chi connectivity index (χ0n) is 12.6. The van der Waals surface area contributed by atoms with Gasteiger partial charge in [-0.2, -0.15) is 5.26 Å². The van der Waals surface area contributed by atoms with Gasteiger partial charge in [-0.05, 0) is 27.9 Å². The second kappa shape index (κ2) is 7.65. The number of benzene rings is 2. The first kappa shape index (κ1) is 16.7. The average Bonchev–Trinajstić information content (AvgIpc) is 2.63. The van der Waals surface area contributed by atoms with Crippen molar-refractivity contribution in [1.82, 2.24) is 0 Å². The van der Waals surface area contributed by atoms with Crippen molar-refractivity contribution in [3.05, 3.63) is 92.4 Å². The Balaban J connectivity index is 2.21. The van der Waals surface area contributed by atoms with Gasteiger partial charge in [0.2, 0.25) is 5.78 Å². The number of carbonyl (C=O) groups excluding carboxylic acids is 1. The lowest BCUT2D eigenvalue weighted by Gasteiger charge is -2.18. The quantitative estimate of drug-likeness (QED) is 0.262. The Labute approximate surface area is 158 Å². The third-order valence-corrected chi connectivity index (χ3v) is 4.99. The van der Waals surface area contributed by atoms with Gasteiger partial charge in [0.1, 0.15) is 11.6 Å². The molecule has 116 valence electrons. The number of Topliss-reactive ketones (excluding diaryl/α,β-unsaturated/α-hetero) is 1. The highest BCUT2D eigenvalue weighted by Gasteiger charge is 2.22. The van der Waals surface area contributed by atoms with Crippen molar-refractivity contribution >= 4 is 45.7 Å². The number of nitriles is 1. The van der Waals surface area contributed by atoms with Crippen LogP contribution >= 0.6 is 34.4 Å². The number of thioether (sulfide) groups is 1. The van der Waals surface area contributed by atoms with Crippen LogP contribution < -0.4 is 0 Å². The fourth-order valence-electron chi connectivity index (χ4n) is 2.47. The molecule has 2 nitrogen and oxygen atoms in total. The number of hydrogen-bond acceptors (Lipinski definition) is 3. The summed E-state index contributed by atoms with van der Waals surface area (Å²) in [6, 6.07) is 18.9. The van der Waals surface area contributed by atoms with Gasteiger partial charge in [0.05, 0.1) is 0 Å². The number of ketones is 1. The predicted octanol–water partition coefficient (Wildman–Crippen LogP) is 5.78. The average molecular weight is 441 g/mol. The number of hydrogen-bond donors (Lipinski definition) is 0. The van der Waals surface area contributed by atoms with E-state index in [0.717, 1.165) is 15.4 Å². The van der Waals surface area contributed by atoms with Crippen LogP contribution in [0.5, 0.6) is 0 Å². The maximum absolute atomic E-state index is 12.8. The molecule has 0 saturated carbocycles. The maximum atomic E-state index is 12.8. The van der Waals surface area contributed by atoms with Crippen molar-refractivity contribution in [3.8, 4) is 6.07 Å². The molecule has 2 aromatic rings. The highest BCUT2D eigenvalue weighted by molar-refractivity contribution is 14.1. The van der Waals surface area contributed by atoms with E-state index >= 15 is 0 Å². The van der Waals surface area contributed by atoms with Gasteiger partial charge >= 0.3 is 0 Å². The van der Waals surface area contributed by atoms with E-state index in [1.54, 1.807) is 36.0 Å². The molecule has 0 bridgehead atoms. The minimum atomic E-state index is -0.246. The molecule has 1 aliphatic heterocycles. The van der Waals surface area contributed by atoms with Crippen LogP contribution in [0, 0.1) is 11.3 Å². The molecule has 0 unspecified atom stereocenters. The van der Waals surface area contributed by atoms with Crippen molar-refractivity contribution in [2.75, 3.05) is 0 Å². The lowest BCUT2D eigenvalue weighted by atomic mass is 9.94. The van der Waals surface area contributed by atoms with E-state index in [0.29, 0.717) is 11.1 Å². The van der Waals surface area contributed by atoms with Crippen LogP contribution in [0.1, 0.15) is 15.9 Å². The van der Waals surface area contributed by atoms with Gasteiger partial charge < -0.3 is 0 Å². The lowest BCUT2D eigenvalue weighted by molar-refractivity contribution is 0.103. The van der Waals surface area contributed by atoms with Crippen molar-refractivity contribution < 1.29 is 4.79 Å². The van der Waals surface area contributed by atoms with E-state index in [9.17, 15) is 10.1 Å². The summed E-state index contributed by atoms with van der Waals surface area (Å²) in [5, 5.41) is 9.67. The van der Waals surface area contributed by atoms with Gasteiger partial charge in [0, 0.05) is 20.9 Å². The summed E-state index contributed by atoms with van der Waals surface area (Å²) in [6.07, 6.45) is 3.89. The normalized spacial score (nSPS) is 15.4. The first-order valence-corrected chi connectivity index (χ1v) is 9.30. The zero-order chi connectivity index (χ0) is 16.9. The minimum absolute atomic E-state index is 0.174. The summed E-state index contributed by atoms with van der Waals surface area (Å²) in [6.45, 7) is 0. The Morgan fingerprint density at radius 1 is 1.08 bits per heavy atom. The maximum Gasteiger partial charge on any atom is 0.204 e. The fourth-order valence-corrected chi connectivity index (χ4v) is 4.11. The number of carbonyl (C=O) groups is 1. The smallest absolute Gasteiger partial charge is 0.204 e. The summed E-state index contributed by atoms with van der Waals surface area (Å²) < 4.78 is 1.92. The van der Waals surface area contributed by atoms with E-state index in [4.69, 9.17) is 0 Å². The monoisotopic (exact) mass is 441 g/mol. The molecule has 0 atom stereocenters. The number of fused-ring (bicyclic) bond motifs is 1. The molecule has 0 saturated heterocycles. The van der Waals surface area contributed by atoms with Crippen LogP contribution in [0.4, 0.5) is 0 Å². The second-order valence-corrected chi connectivity index (χ2v) is 6.87. The molecule has 3 rings (SSSR count). The molecular weight excluding hydrogens is 429 g/mol. The van der Waals surface area contributed by atoms with Crippen LogP contribution in [0.25, 0.3) is 5.57 Å². The van der Waals surface area contributed by atoms with Gasteiger partial charge in [0.25, 0.3) is 0 Å². The molecule has 1 heterocycles. The van der Waals surface area contributed by atoms with Crippen molar-refractivity contribution in [2.45, 2.75) is 4.90 Å². The van der Waals surface area contributed by atoms with Gasteiger partial charge in [-0.3, -0.25) is 4.79 Å². The fraction of sp³-hybridized carbons (Fsp3) is 0. The summed E-state index contributed by atoms with van der Waals surface area (Å²) in [5.74, 6) is -0.246. The SMILES string of the molecule is N#C/C(C(=O)c1ccccc1)=C1C=C(/C=C/I)Sc2ccccc2/1. The molecule has 4 heteroatoms. The van der Waals surface area contributed by atoms with Gasteiger partial charge in [-0.1, -0.05) is 82.9 Å². The summed E-state index contributed by atoms with van der Waals surface area (Å²) >= 11 is 3.80. The van der Waals surface area contributed by atoms with E-state index in [1.165, 1.54) is 0 Å². The summed E-state index contributed by atoms with van der Waals surface area (Å²) in [7, 11) is 0. The predicted molar refractivity (Wildman–Crippen MR) is 107 cm³/mol. The van der Waals surface area contributed by atoms with Crippen LogP contribution in [0.15, 0.2) is 86.2 Å². The summed E-state index contributed by atoms with van der Waals surface area (Å²) in [4.78, 5) is 14.9. The van der Waals surface area contributed by atoms with Gasteiger partial charge in [-0.25, -0.2) is 0 Å². The highest BCUT2D eigenvalue weighted by Crippen LogP contribution is 2.42. The standard InChI is InChI=1S/C20H12INOS/c21-11-10-15-12-17(16-8-4-5-9-19(16)24-15)18(13-22)20(23)14-6-2-1-3-7-14/h1-12H/b11-10+,18-17+. The Hall–Kier alpha value is -2.10. The van der Waals surface area contributed by atoms with Gasteiger partial charge in [0.15, 0.2) is 0 Å². The van der Waals surface area contributed by atoms with Crippen molar-refractivity contribution in [1.29, 1.82) is 5.26 Å². The van der Waals surface area contributed by atoms with Crippen LogP contribution in [-0.2, 0) is 0 Å². The number of halogens is 1. The molecule has 0 amide bonds. The Kier molecular flexibility index (Phi) is 5.34. The third-order valence-electron chi connectivity index (χ3n) is 3.56. The van der Waals surface area contributed by atoms with Gasteiger partial charge in [-0.15, -0.1) is 0 Å². The largest absolute Gasteiger partial charge is 0.288 e. The lowest BCUT2D eigenvalue weighted by Crippen LogP contribution is -2.06. The zero-order valence-corrected chi connectivity index (χ0v) is 15.5. The Bertz CT molecular complexity index is 920. The first-order chi connectivity index (χ1) is 11.7. The molecule has 24 heavy (non-hydrogen) atoms. The minimum Gasteiger partial charge on any atom is -0.288 e. The van der Waals surface area contributed by atoms with E-state index in [-0.39, 0.29) is 11.4 Å². The Morgan fingerprint density at radius 3 is 2.50 bits per heavy atom. The molecule has 2 aromatic carbocycles. The Morgan fingerprint density at radius 2 is 1.79 bits per heavy atom. The third kappa shape index (κ3) is 3.37. The van der Waals surface area contributed by atoms with Crippen LogP contribution in [0.2, 0.25) is 0 Å². The second-order valence-electron chi connectivity index (χ2n) is 5.03. The van der Waals surface area contributed by atoms with E-state index in [2.05, 4.69) is 28.7 Å². The van der Waals surface area contributed by atoms with Crippen LogP contribution in [-0.4, -0.2) is 5.78 Å². The van der Waals surface area contributed by atoms with Crippen LogP contribution in [0.3, 0.4) is 0 Å². The first-order valence-electron chi connectivity index (χ1n) is 7.24. The number of rotatable bonds is 3. The molecule has 0 fully saturated rings. The topological polar surface area (TPSA) is 40.9 Å². The molecular formula is C20H12INOS. The van der Waals surface area contributed by atoms with E-state index < -0.39 is 0 Å². The molecule has 0 aliphatic carbocycles. The molecule has 0 aromatic heterocycles. The van der Waals surface area contributed by atoms with Crippen molar-refractivity contribution in [2.24, 2.45) is 0 Å². The summed E-state index contributed by atoms with van der Waals surface area (Å²) in [5.41, 5.74) is 2.31. The van der Waals surface area contributed by atoms with E-state index in [1.807, 2.05) is 46.6 Å². The molecule has 1 aliphatic rings. The highest BCUT2D eigenvalue weighted by atomic mass is 127. The molecule has 0 N–H and O–H groups in total. The molecule has 0 spiro atoms. The number of nitrogens with zero attached hydrogens (tertiary/aromatic N) is 1. The number of allylic oxidation sites excluding steroid dienone is 4.